The second kappa shape index (κ2) is 8.19. The van der Waals surface area contributed by atoms with Gasteiger partial charge < -0.3 is 15.2 Å². The fourth-order valence-electron chi connectivity index (χ4n) is 3.83. The van der Waals surface area contributed by atoms with Crippen LogP contribution in [-0.2, 0) is 13.5 Å². The van der Waals surface area contributed by atoms with Gasteiger partial charge in [-0.1, -0.05) is 23.7 Å². The van der Waals surface area contributed by atoms with Crippen molar-refractivity contribution in [2.45, 2.75) is 38.8 Å². The lowest BCUT2D eigenvalue weighted by Crippen LogP contribution is -2.47. The number of imidazole rings is 1. The van der Waals surface area contributed by atoms with Crippen LogP contribution in [-0.4, -0.2) is 26.1 Å². The van der Waals surface area contributed by atoms with E-state index >= 15 is 0 Å². The molecule has 0 bridgehead atoms. The molecule has 0 radical (unpaired) electrons. The highest BCUT2D eigenvalue weighted by molar-refractivity contribution is 6.30. The molecule has 1 aromatic carbocycles. The third-order valence-corrected chi connectivity index (χ3v) is 5.44. The van der Waals surface area contributed by atoms with E-state index in [0.29, 0.717) is 11.4 Å². The number of pyridine rings is 1. The molecule has 7 heteroatoms. The Morgan fingerprint density at radius 1 is 1.26 bits per heavy atom. The zero-order valence-electron chi connectivity index (χ0n) is 18.1. The molecule has 2 amide bonds. The maximum absolute atomic E-state index is 12.9. The molecule has 3 aromatic rings. The van der Waals surface area contributed by atoms with Crippen LogP contribution in [0.15, 0.2) is 49.1 Å². The van der Waals surface area contributed by atoms with Crippen LogP contribution in [0.25, 0.3) is 11.6 Å². The number of fused-ring (bicyclic) bond motifs is 2. The normalized spacial score (nSPS) is 14.0. The fourth-order valence-corrected chi connectivity index (χ4v) is 4.00. The van der Waals surface area contributed by atoms with Crippen LogP contribution >= 0.6 is 11.6 Å². The second-order valence-corrected chi connectivity index (χ2v) is 9.26. The summed E-state index contributed by atoms with van der Waals surface area (Å²) in [7, 11) is 1.92. The van der Waals surface area contributed by atoms with Gasteiger partial charge in [0, 0.05) is 30.2 Å². The van der Waals surface area contributed by atoms with Gasteiger partial charge in [0.25, 0.3) is 0 Å². The third-order valence-electron chi connectivity index (χ3n) is 5.20. The number of benzene rings is 1. The first-order valence-corrected chi connectivity index (χ1v) is 10.6. The number of aromatic nitrogens is 3. The van der Waals surface area contributed by atoms with E-state index in [1.165, 1.54) is 0 Å². The van der Waals surface area contributed by atoms with E-state index in [1.54, 1.807) is 18.7 Å². The van der Waals surface area contributed by atoms with E-state index in [2.05, 4.69) is 26.7 Å². The number of carbonyl (C=O) groups is 1. The molecule has 0 saturated carbocycles. The number of nitrogens with zero attached hydrogens (tertiary/aromatic N) is 3. The lowest BCUT2D eigenvalue weighted by atomic mass is 9.92. The van der Waals surface area contributed by atoms with Crippen LogP contribution in [0.1, 0.15) is 54.9 Å². The molecular formula is C24H26ClN5O. The monoisotopic (exact) mass is 435 g/mol. The molecule has 0 aliphatic heterocycles. The average Bonchev–Trinajstić information content (AvgIpc) is 3.04. The highest BCUT2D eigenvalue weighted by atomic mass is 35.5. The summed E-state index contributed by atoms with van der Waals surface area (Å²) in [5.41, 5.74) is 5.56. The van der Waals surface area contributed by atoms with Crippen LogP contribution in [0.3, 0.4) is 0 Å². The van der Waals surface area contributed by atoms with E-state index < -0.39 is 6.04 Å². The molecule has 6 nitrogen and oxygen atoms in total. The quantitative estimate of drug-likeness (QED) is 0.623. The molecule has 0 saturated heterocycles. The van der Waals surface area contributed by atoms with Crippen molar-refractivity contribution < 1.29 is 4.79 Å². The number of halogens is 1. The van der Waals surface area contributed by atoms with E-state index in [0.717, 1.165) is 33.7 Å². The Morgan fingerprint density at radius 3 is 2.77 bits per heavy atom. The maximum Gasteiger partial charge on any atom is 0.315 e. The highest BCUT2D eigenvalue weighted by Crippen LogP contribution is 2.38. The minimum absolute atomic E-state index is 0.251. The Hall–Kier alpha value is -3.12. The first-order chi connectivity index (χ1) is 14.7. The Labute approximate surface area is 187 Å². The molecular weight excluding hydrogens is 410 g/mol. The van der Waals surface area contributed by atoms with E-state index in [4.69, 9.17) is 11.6 Å². The van der Waals surface area contributed by atoms with Crippen molar-refractivity contribution in [3.05, 3.63) is 82.2 Å². The van der Waals surface area contributed by atoms with Crippen molar-refractivity contribution in [1.29, 1.82) is 0 Å². The van der Waals surface area contributed by atoms with Crippen LogP contribution in [0, 0.1) is 0 Å². The van der Waals surface area contributed by atoms with Gasteiger partial charge in [-0.3, -0.25) is 4.98 Å². The first kappa shape index (κ1) is 21.1. The number of nitrogens with one attached hydrogen (secondary N) is 2. The number of carbonyl (C=O) groups excluding carboxylic acids is 1. The number of amides is 2. The largest absolute Gasteiger partial charge is 0.336 e. The van der Waals surface area contributed by atoms with Gasteiger partial charge in [-0.15, -0.1) is 0 Å². The number of hydrogen-bond acceptors (Lipinski definition) is 3. The minimum Gasteiger partial charge on any atom is -0.336 e. The van der Waals surface area contributed by atoms with Gasteiger partial charge in [0.1, 0.15) is 0 Å². The minimum atomic E-state index is -0.432. The van der Waals surface area contributed by atoms with Gasteiger partial charge in [-0.2, -0.15) is 0 Å². The van der Waals surface area contributed by atoms with Crippen molar-refractivity contribution in [1.82, 2.24) is 25.2 Å². The molecule has 2 aromatic heterocycles. The Balaban J connectivity index is 1.88. The van der Waals surface area contributed by atoms with Crippen LogP contribution in [0.2, 0.25) is 5.02 Å². The van der Waals surface area contributed by atoms with E-state index in [9.17, 15) is 4.79 Å². The van der Waals surface area contributed by atoms with Gasteiger partial charge in [-0.05, 0) is 67.3 Å². The Kier molecular flexibility index (Phi) is 5.58. The highest BCUT2D eigenvalue weighted by Gasteiger charge is 2.28. The van der Waals surface area contributed by atoms with Gasteiger partial charge in [0.2, 0.25) is 0 Å². The van der Waals surface area contributed by atoms with E-state index in [1.807, 2.05) is 62.7 Å². The van der Waals surface area contributed by atoms with Gasteiger partial charge in [0.05, 0.1) is 30.0 Å². The predicted octanol–water partition coefficient (Wildman–Crippen LogP) is 4.75. The number of aryl methyl sites for hydroxylation is 1. The van der Waals surface area contributed by atoms with Gasteiger partial charge in [0.15, 0.2) is 0 Å². The van der Waals surface area contributed by atoms with Crippen LogP contribution in [0.5, 0.6) is 0 Å². The van der Waals surface area contributed by atoms with E-state index in [-0.39, 0.29) is 11.6 Å². The second-order valence-electron chi connectivity index (χ2n) is 8.83. The van der Waals surface area contributed by atoms with Gasteiger partial charge >= 0.3 is 6.03 Å². The van der Waals surface area contributed by atoms with Crippen molar-refractivity contribution in [3.63, 3.8) is 0 Å². The van der Waals surface area contributed by atoms with Crippen molar-refractivity contribution in [2.75, 3.05) is 0 Å². The third kappa shape index (κ3) is 4.64. The lowest BCUT2D eigenvalue weighted by Gasteiger charge is -2.27. The molecule has 160 valence electrons. The summed E-state index contributed by atoms with van der Waals surface area (Å²) in [6.45, 7) is 5.86. The first-order valence-electron chi connectivity index (χ1n) is 10.2. The number of rotatable bonds is 3. The molecule has 2 heterocycles. The van der Waals surface area contributed by atoms with Crippen LogP contribution < -0.4 is 10.6 Å². The zero-order chi connectivity index (χ0) is 22.2. The SMILES string of the molecule is Cn1cncc1C(NC(=O)NC(C)(C)C)C1=Cc2cccnc2Cc2ccc(Cl)cc21. The summed E-state index contributed by atoms with van der Waals surface area (Å²) in [6.07, 6.45) is 8.11. The Bertz CT molecular complexity index is 1160. The topological polar surface area (TPSA) is 71.8 Å². The van der Waals surface area contributed by atoms with Crippen molar-refractivity contribution >= 4 is 29.3 Å². The molecule has 1 aliphatic rings. The molecule has 4 rings (SSSR count). The summed E-state index contributed by atoms with van der Waals surface area (Å²) in [5, 5.41) is 6.80. The molecule has 2 N–H and O–H groups in total. The number of hydrogen-bond donors (Lipinski definition) is 2. The zero-order valence-corrected chi connectivity index (χ0v) is 18.9. The standard InChI is InChI=1S/C24H26ClN5O/c1-24(2,3)29-23(31)28-22(21-13-26-14-30(21)4)19-10-16-6-5-9-27-20(16)11-15-7-8-17(25)12-18(15)19/h5-10,12-14,22H,11H2,1-4H3,(H2,28,29,31). The summed E-state index contributed by atoms with van der Waals surface area (Å²) < 4.78 is 1.92. The van der Waals surface area contributed by atoms with Crippen molar-refractivity contribution in [2.24, 2.45) is 7.05 Å². The average molecular weight is 436 g/mol. The molecule has 31 heavy (non-hydrogen) atoms. The summed E-state index contributed by atoms with van der Waals surface area (Å²) >= 11 is 6.40. The molecule has 1 aliphatic carbocycles. The number of urea groups is 1. The molecule has 1 atom stereocenters. The smallest absolute Gasteiger partial charge is 0.315 e. The molecule has 0 spiro atoms. The molecule has 0 fully saturated rings. The maximum atomic E-state index is 12.9. The molecule has 1 unspecified atom stereocenters. The van der Waals surface area contributed by atoms with Crippen molar-refractivity contribution in [3.8, 4) is 0 Å². The Morgan fingerprint density at radius 2 is 2.06 bits per heavy atom. The summed E-state index contributed by atoms with van der Waals surface area (Å²) in [5.74, 6) is 0. The van der Waals surface area contributed by atoms with Gasteiger partial charge in [-0.25, -0.2) is 9.78 Å². The summed E-state index contributed by atoms with van der Waals surface area (Å²) in [6, 6.07) is 9.17. The van der Waals surface area contributed by atoms with Crippen LogP contribution in [0.4, 0.5) is 4.79 Å². The lowest BCUT2D eigenvalue weighted by molar-refractivity contribution is 0.230. The fraction of sp³-hybridized carbons (Fsp3) is 0.292. The predicted molar refractivity (Wildman–Crippen MR) is 124 cm³/mol. The summed E-state index contributed by atoms with van der Waals surface area (Å²) in [4.78, 5) is 21.8.